The van der Waals surface area contributed by atoms with Crippen LogP contribution in [0.15, 0.2) is 42.7 Å². The molecule has 0 bridgehead atoms. The van der Waals surface area contributed by atoms with E-state index in [1.54, 1.807) is 18.2 Å². The Morgan fingerprint density at radius 3 is 2.58 bits per heavy atom. The highest BCUT2D eigenvalue weighted by Crippen LogP contribution is 2.17. The molecule has 0 saturated carbocycles. The normalized spacial score (nSPS) is 9.95. The van der Waals surface area contributed by atoms with Crippen molar-refractivity contribution in [1.29, 1.82) is 0 Å². The number of nitrogens with one attached hydrogen (secondary N) is 1. The molecule has 5 nitrogen and oxygen atoms in total. The zero-order chi connectivity index (χ0) is 13.8. The van der Waals surface area contributed by atoms with Gasteiger partial charge in [0.05, 0.1) is 23.0 Å². The van der Waals surface area contributed by atoms with Crippen molar-refractivity contribution in [2.45, 2.75) is 0 Å². The van der Waals surface area contributed by atoms with Crippen molar-refractivity contribution >= 4 is 40.2 Å². The molecule has 96 valence electrons. The third-order valence-electron chi connectivity index (χ3n) is 2.42. The lowest BCUT2D eigenvalue weighted by Crippen LogP contribution is -2.16. The monoisotopic (exact) mass is 368 g/mol. The van der Waals surface area contributed by atoms with Gasteiger partial charge in [0, 0.05) is 9.77 Å². The van der Waals surface area contributed by atoms with E-state index >= 15 is 0 Å². The molecule has 1 aromatic heterocycles. The van der Waals surface area contributed by atoms with Crippen molar-refractivity contribution in [3.63, 3.8) is 0 Å². The second kappa shape index (κ2) is 5.79. The summed E-state index contributed by atoms with van der Waals surface area (Å²) < 4.78 is 0.790. The molecule has 2 N–H and O–H groups in total. The number of carbonyl (C=O) groups excluding carboxylic acids is 1. The fourth-order valence-electron chi connectivity index (χ4n) is 1.52. The Morgan fingerprint density at radius 2 is 1.89 bits per heavy atom. The summed E-state index contributed by atoms with van der Waals surface area (Å²) in [4.78, 5) is 26.9. The van der Waals surface area contributed by atoms with Crippen molar-refractivity contribution in [3.05, 3.63) is 57.4 Å². The van der Waals surface area contributed by atoms with Crippen LogP contribution < -0.4 is 5.32 Å². The number of hydrogen-bond donors (Lipinski definition) is 2. The molecule has 0 aliphatic carbocycles. The Kier molecular flexibility index (Phi) is 4.10. The summed E-state index contributed by atoms with van der Waals surface area (Å²) >= 11 is 2.05. The molecule has 0 fully saturated rings. The minimum Gasteiger partial charge on any atom is -0.478 e. The van der Waals surface area contributed by atoms with E-state index in [-0.39, 0.29) is 17.2 Å². The topological polar surface area (TPSA) is 79.3 Å². The van der Waals surface area contributed by atoms with E-state index in [1.807, 2.05) is 28.7 Å². The number of rotatable bonds is 3. The second-order valence-corrected chi connectivity index (χ2v) is 4.82. The first-order chi connectivity index (χ1) is 9.09. The fraction of sp³-hybridized carbons (Fsp3) is 0. The minimum atomic E-state index is -1.11. The summed E-state index contributed by atoms with van der Waals surface area (Å²) in [6, 6.07) is 8.39. The van der Waals surface area contributed by atoms with Gasteiger partial charge < -0.3 is 10.4 Å². The first kappa shape index (κ1) is 13.5. The van der Waals surface area contributed by atoms with Crippen LogP contribution in [0.5, 0.6) is 0 Å². The van der Waals surface area contributed by atoms with Crippen LogP contribution in [0, 0.1) is 3.57 Å². The Bertz CT molecular complexity index is 643. The van der Waals surface area contributed by atoms with E-state index < -0.39 is 5.97 Å². The first-order valence-corrected chi connectivity index (χ1v) is 6.40. The number of aromatic nitrogens is 1. The zero-order valence-corrected chi connectivity index (χ0v) is 11.8. The predicted molar refractivity (Wildman–Crippen MR) is 78.3 cm³/mol. The Hall–Kier alpha value is -1.96. The molecule has 0 aliphatic rings. The maximum atomic E-state index is 12.1. The van der Waals surface area contributed by atoms with Crippen LogP contribution in [0.4, 0.5) is 5.69 Å². The molecule has 0 saturated heterocycles. The van der Waals surface area contributed by atoms with Gasteiger partial charge in [-0.15, -0.1) is 0 Å². The highest BCUT2D eigenvalue weighted by atomic mass is 127. The van der Waals surface area contributed by atoms with Gasteiger partial charge >= 0.3 is 5.97 Å². The molecule has 1 amide bonds. The van der Waals surface area contributed by atoms with Crippen molar-refractivity contribution in [1.82, 2.24) is 4.98 Å². The van der Waals surface area contributed by atoms with Gasteiger partial charge in [-0.2, -0.15) is 0 Å². The van der Waals surface area contributed by atoms with Gasteiger partial charge in [-0.1, -0.05) is 12.1 Å². The molecular formula is C13H9IN2O3. The molecule has 1 heterocycles. The van der Waals surface area contributed by atoms with Gasteiger partial charge in [0.2, 0.25) is 0 Å². The van der Waals surface area contributed by atoms with Gasteiger partial charge in [0.1, 0.15) is 0 Å². The molecular weight excluding hydrogens is 359 g/mol. The number of carboxylic acid groups (broad SMARTS) is 1. The zero-order valence-electron chi connectivity index (χ0n) is 9.63. The molecule has 0 atom stereocenters. The summed E-state index contributed by atoms with van der Waals surface area (Å²) in [5.74, 6) is -1.47. The number of hydrogen-bond acceptors (Lipinski definition) is 3. The van der Waals surface area contributed by atoms with E-state index in [2.05, 4.69) is 10.3 Å². The van der Waals surface area contributed by atoms with Gasteiger partial charge in [-0.25, -0.2) is 4.79 Å². The maximum absolute atomic E-state index is 12.1. The largest absolute Gasteiger partial charge is 0.478 e. The van der Waals surface area contributed by atoms with Crippen LogP contribution in [0.1, 0.15) is 20.7 Å². The molecule has 0 aliphatic heterocycles. The number of carboxylic acids is 1. The van der Waals surface area contributed by atoms with Crippen LogP contribution in [0.3, 0.4) is 0 Å². The van der Waals surface area contributed by atoms with Gasteiger partial charge in [-0.3, -0.25) is 9.78 Å². The lowest BCUT2D eigenvalue weighted by atomic mass is 10.2. The molecule has 1 aromatic carbocycles. The Morgan fingerprint density at radius 1 is 1.16 bits per heavy atom. The SMILES string of the molecule is O=C(Nc1cnccc1C(=O)O)c1ccccc1I. The van der Waals surface area contributed by atoms with Gasteiger partial charge in [0.25, 0.3) is 5.91 Å². The van der Waals surface area contributed by atoms with E-state index in [4.69, 9.17) is 5.11 Å². The van der Waals surface area contributed by atoms with Crippen LogP contribution in [-0.2, 0) is 0 Å². The molecule has 0 unspecified atom stereocenters. The van der Waals surface area contributed by atoms with Crippen molar-refractivity contribution in [3.8, 4) is 0 Å². The first-order valence-electron chi connectivity index (χ1n) is 5.33. The van der Waals surface area contributed by atoms with Crippen LogP contribution in [-0.4, -0.2) is 22.0 Å². The van der Waals surface area contributed by atoms with E-state index in [0.717, 1.165) is 3.57 Å². The summed E-state index contributed by atoms with van der Waals surface area (Å²) in [6.07, 6.45) is 2.68. The standard InChI is InChI=1S/C13H9IN2O3/c14-10-4-2-1-3-8(10)12(17)16-11-7-15-6-5-9(11)13(18)19/h1-7H,(H,16,17)(H,18,19). The number of halogens is 1. The number of aromatic carboxylic acids is 1. The van der Waals surface area contributed by atoms with Crippen molar-refractivity contribution < 1.29 is 14.7 Å². The van der Waals surface area contributed by atoms with Crippen LogP contribution in [0.25, 0.3) is 0 Å². The molecule has 0 spiro atoms. The number of amides is 1. The summed E-state index contributed by atoms with van der Waals surface area (Å²) in [6.45, 7) is 0. The smallest absolute Gasteiger partial charge is 0.337 e. The summed E-state index contributed by atoms with van der Waals surface area (Å²) in [7, 11) is 0. The Labute approximate surface area is 122 Å². The second-order valence-electron chi connectivity index (χ2n) is 3.66. The number of benzene rings is 1. The van der Waals surface area contributed by atoms with Crippen LogP contribution >= 0.6 is 22.6 Å². The van der Waals surface area contributed by atoms with Crippen molar-refractivity contribution in [2.75, 3.05) is 5.32 Å². The van der Waals surface area contributed by atoms with E-state index in [1.165, 1.54) is 18.5 Å². The molecule has 0 radical (unpaired) electrons. The van der Waals surface area contributed by atoms with E-state index in [9.17, 15) is 9.59 Å². The number of pyridine rings is 1. The lowest BCUT2D eigenvalue weighted by Gasteiger charge is -2.08. The maximum Gasteiger partial charge on any atom is 0.337 e. The predicted octanol–water partition coefficient (Wildman–Crippen LogP) is 2.64. The van der Waals surface area contributed by atoms with E-state index in [0.29, 0.717) is 5.56 Å². The molecule has 19 heavy (non-hydrogen) atoms. The van der Waals surface area contributed by atoms with Gasteiger partial charge in [0.15, 0.2) is 0 Å². The Balaban J connectivity index is 2.30. The molecule has 2 rings (SSSR count). The highest BCUT2D eigenvalue weighted by molar-refractivity contribution is 14.1. The van der Waals surface area contributed by atoms with Crippen molar-refractivity contribution in [2.24, 2.45) is 0 Å². The number of nitrogens with zero attached hydrogens (tertiary/aromatic N) is 1. The average Bonchev–Trinajstić information content (AvgIpc) is 2.39. The average molecular weight is 368 g/mol. The third kappa shape index (κ3) is 3.08. The molecule has 2 aromatic rings. The summed E-state index contributed by atoms with van der Waals surface area (Å²) in [5, 5.41) is 11.6. The highest BCUT2D eigenvalue weighted by Gasteiger charge is 2.14. The lowest BCUT2D eigenvalue weighted by molar-refractivity contribution is 0.0698. The summed E-state index contributed by atoms with van der Waals surface area (Å²) in [5.41, 5.74) is 0.678. The number of anilines is 1. The van der Waals surface area contributed by atoms with Gasteiger partial charge in [-0.05, 0) is 40.8 Å². The molecule has 6 heteroatoms. The quantitative estimate of drug-likeness (QED) is 0.817. The van der Waals surface area contributed by atoms with Crippen LogP contribution in [0.2, 0.25) is 0 Å². The fourth-order valence-corrected chi connectivity index (χ4v) is 2.15. The third-order valence-corrected chi connectivity index (χ3v) is 3.36. The number of carbonyl (C=O) groups is 2. The minimum absolute atomic E-state index is 0.00860.